The van der Waals surface area contributed by atoms with E-state index in [2.05, 4.69) is 5.32 Å². The number of carbonyl (C=O) groups excluding carboxylic acids is 1. The predicted octanol–water partition coefficient (Wildman–Crippen LogP) is -0.456. The van der Waals surface area contributed by atoms with E-state index in [9.17, 15) is 4.79 Å². The first kappa shape index (κ1) is 13.7. The van der Waals surface area contributed by atoms with Crippen molar-refractivity contribution in [2.45, 2.75) is 13.1 Å². The van der Waals surface area contributed by atoms with Crippen molar-refractivity contribution in [1.82, 2.24) is 5.32 Å². The van der Waals surface area contributed by atoms with Gasteiger partial charge in [-0.15, -0.1) is 0 Å². The molecule has 0 radical (unpaired) electrons. The molecular weight excluding hydrogens is 240 g/mol. The van der Waals surface area contributed by atoms with Crippen molar-refractivity contribution in [1.29, 1.82) is 0 Å². The number of nitrogens with two attached hydrogens (primary N) is 1. The molecule has 1 amide bonds. The Morgan fingerprint density at radius 1 is 1.28 bits per heavy atom. The summed E-state index contributed by atoms with van der Waals surface area (Å²) in [5, 5.41) is 17.5. The quantitative estimate of drug-likeness (QED) is 0.500. The zero-order valence-corrected chi connectivity index (χ0v) is 9.34. The predicted molar refractivity (Wildman–Crippen MR) is 60.8 cm³/mol. The highest BCUT2D eigenvalue weighted by atomic mass is 16.4. The van der Waals surface area contributed by atoms with Gasteiger partial charge in [-0.05, 0) is 17.2 Å². The first-order chi connectivity index (χ1) is 8.45. The number of amides is 1. The molecule has 0 unspecified atom stereocenters. The minimum absolute atomic E-state index is 0.0142. The van der Waals surface area contributed by atoms with Crippen molar-refractivity contribution < 1.29 is 24.6 Å². The summed E-state index contributed by atoms with van der Waals surface area (Å²) in [5.74, 6) is -3.63. The Bertz CT molecular complexity index is 486. The van der Waals surface area contributed by atoms with Crippen LogP contribution in [0.5, 0.6) is 0 Å². The molecule has 0 aliphatic carbocycles. The molecule has 5 N–H and O–H groups in total. The number of hydrogen-bond donors (Lipinski definition) is 4. The highest BCUT2D eigenvalue weighted by Gasteiger charge is 2.17. The van der Waals surface area contributed by atoms with E-state index in [1.54, 1.807) is 0 Å². The molecular formula is C11H12N2O5. The van der Waals surface area contributed by atoms with Gasteiger partial charge in [0.15, 0.2) is 0 Å². The summed E-state index contributed by atoms with van der Waals surface area (Å²) >= 11 is 0. The maximum atomic E-state index is 11.2. The van der Waals surface area contributed by atoms with Gasteiger partial charge in [0.2, 0.25) is 0 Å². The van der Waals surface area contributed by atoms with Gasteiger partial charge in [0.05, 0.1) is 0 Å². The summed E-state index contributed by atoms with van der Waals surface area (Å²) in [6, 6.07) is 5.77. The first-order valence-corrected chi connectivity index (χ1v) is 5.02. The van der Waals surface area contributed by atoms with Gasteiger partial charge in [-0.2, -0.15) is 0 Å². The lowest BCUT2D eigenvalue weighted by Crippen LogP contribution is -2.12. The number of aliphatic carboxylic acids is 2. The second kappa shape index (κ2) is 5.78. The standard InChI is InChI=1S/C9H10N2O.C2H2O4/c10-4-6-1-2-7-5-11-9(12)8(7)3-6;3-1(4)2(5)6/h1-3H,4-5,10H2,(H,11,12);(H,3,4)(H,5,6). The molecule has 0 fully saturated rings. The third-order valence-electron chi connectivity index (χ3n) is 2.28. The van der Waals surface area contributed by atoms with Crippen LogP contribution in [0.2, 0.25) is 0 Å². The Kier molecular flexibility index (Phi) is 4.39. The molecule has 0 aromatic heterocycles. The van der Waals surface area contributed by atoms with E-state index in [1.165, 1.54) is 0 Å². The number of benzene rings is 1. The Labute approximate surface area is 102 Å². The van der Waals surface area contributed by atoms with E-state index < -0.39 is 11.9 Å². The zero-order chi connectivity index (χ0) is 13.7. The number of nitrogens with one attached hydrogen (secondary N) is 1. The Morgan fingerprint density at radius 3 is 2.39 bits per heavy atom. The SMILES string of the molecule is NCc1ccc2c(c1)C(=O)NC2.O=C(O)C(=O)O. The monoisotopic (exact) mass is 252 g/mol. The van der Waals surface area contributed by atoms with Crippen molar-refractivity contribution in [3.63, 3.8) is 0 Å². The average Bonchev–Trinajstić information content (AvgIpc) is 2.71. The van der Waals surface area contributed by atoms with Gasteiger partial charge in [-0.3, -0.25) is 4.79 Å². The van der Waals surface area contributed by atoms with Crippen LogP contribution < -0.4 is 11.1 Å². The third-order valence-corrected chi connectivity index (χ3v) is 2.28. The van der Waals surface area contributed by atoms with Crippen molar-refractivity contribution >= 4 is 17.8 Å². The van der Waals surface area contributed by atoms with Crippen LogP contribution >= 0.6 is 0 Å². The molecule has 0 bridgehead atoms. The number of rotatable bonds is 1. The minimum Gasteiger partial charge on any atom is -0.473 e. The lowest BCUT2D eigenvalue weighted by molar-refractivity contribution is -0.159. The van der Waals surface area contributed by atoms with Crippen molar-refractivity contribution in [2.75, 3.05) is 0 Å². The number of carboxylic acid groups (broad SMARTS) is 2. The number of hydrogen-bond acceptors (Lipinski definition) is 4. The van der Waals surface area contributed by atoms with Crippen LogP contribution in [-0.4, -0.2) is 28.1 Å². The molecule has 18 heavy (non-hydrogen) atoms. The highest BCUT2D eigenvalue weighted by Crippen LogP contribution is 2.16. The average molecular weight is 252 g/mol. The molecule has 1 aliphatic heterocycles. The molecule has 1 aliphatic rings. The molecule has 1 heterocycles. The van der Waals surface area contributed by atoms with E-state index in [0.29, 0.717) is 13.1 Å². The van der Waals surface area contributed by atoms with Gasteiger partial charge in [0.1, 0.15) is 0 Å². The molecule has 1 aromatic carbocycles. The molecule has 0 spiro atoms. The molecule has 0 atom stereocenters. The second-order valence-electron chi connectivity index (χ2n) is 3.49. The summed E-state index contributed by atoms with van der Waals surface area (Å²) < 4.78 is 0. The molecule has 2 rings (SSSR count). The summed E-state index contributed by atoms with van der Waals surface area (Å²) in [6.07, 6.45) is 0. The van der Waals surface area contributed by atoms with Crippen LogP contribution in [-0.2, 0) is 22.7 Å². The maximum Gasteiger partial charge on any atom is 0.414 e. The van der Waals surface area contributed by atoms with Crippen LogP contribution in [0.3, 0.4) is 0 Å². The lowest BCUT2D eigenvalue weighted by atomic mass is 10.1. The smallest absolute Gasteiger partial charge is 0.414 e. The number of carbonyl (C=O) groups is 3. The van der Waals surface area contributed by atoms with Crippen LogP contribution in [0.4, 0.5) is 0 Å². The lowest BCUT2D eigenvalue weighted by Gasteiger charge is -1.98. The van der Waals surface area contributed by atoms with Gasteiger partial charge in [-0.25, -0.2) is 9.59 Å². The Balaban J connectivity index is 0.000000232. The van der Waals surface area contributed by atoms with Gasteiger partial charge < -0.3 is 21.3 Å². The summed E-state index contributed by atoms with van der Waals surface area (Å²) in [4.78, 5) is 29.4. The topological polar surface area (TPSA) is 130 Å². The maximum absolute atomic E-state index is 11.2. The fraction of sp³-hybridized carbons (Fsp3) is 0.182. The van der Waals surface area contributed by atoms with E-state index in [0.717, 1.165) is 16.7 Å². The summed E-state index contributed by atoms with van der Waals surface area (Å²) in [5.41, 5.74) is 8.31. The molecule has 0 saturated carbocycles. The normalized spacial score (nSPS) is 11.9. The van der Waals surface area contributed by atoms with Gasteiger partial charge in [0.25, 0.3) is 5.91 Å². The third kappa shape index (κ3) is 3.29. The molecule has 7 heteroatoms. The molecule has 0 saturated heterocycles. The van der Waals surface area contributed by atoms with Crippen molar-refractivity contribution in [2.24, 2.45) is 5.73 Å². The molecule has 7 nitrogen and oxygen atoms in total. The summed E-state index contributed by atoms with van der Waals surface area (Å²) in [6.45, 7) is 1.14. The van der Waals surface area contributed by atoms with Crippen LogP contribution in [0.25, 0.3) is 0 Å². The van der Waals surface area contributed by atoms with Gasteiger partial charge in [-0.1, -0.05) is 12.1 Å². The van der Waals surface area contributed by atoms with E-state index >= 15 is 0 Å². The fourth-order valence-corrected chi connectivity index (χ4v) is 1.39. The van der Waals surface area contributed by atoms with Gasteiger partial charge in [0, 0.05) is 18.7 Å². The summed E-state index contributed by atoms with van der Waals surface area (Å²) in [7, 11) is 0. The van der Waals surface area contributed by atoms with Crippen molar-refractivity contribution in [3.8, 4) is 0 Å². The van der Waals surface area contributed by atoms with E-state index in [1.807, 2.05) is 18.2 Å². The van der Waals surface area contributed by atoms with Crippen LogP contribution in [0.1, 0.15) is 21.5 Å². The Hall–Kier alpha value is -2.41. The largest absolute Gasteiger partial charge is 0.473 e. The fourth-order valence-electron chi connectivity index (χ4n) is 1.39. The van der Waals surface area contributed by atoms with E-state index in [4.69, 9.17) is 25.5 Å². The number of fused-ring (bicyclic) bond motifs is 1. The second-order valence-corrected chi connectivity index (χ2v) is 3.49. The number of carboxylic acids is 2. The van der Waals surface area contributed by atoms with Crippen LogP contribution in [0, 0.1) is 0 Å². The van der Waals surface area contributed by atoms with Crippen molar-refractivity contribution in [3.05, 3.63) is 34.9 Å². The molecule has 1 aromatic rings. The molecule has 96 valence electrons. The van der Waals surface area contributed by atoms with Crippen LogP contribution in [0.15, 0.2) is 18.2 Å². The van der Waals surface area contributed by atoms with Gasteiger partial charge >= 0.3 is 11.9 Å². The van der Waals surface area contributed by atoms with E-state index in [-0.39, 0.29) is 5.91 Å². The first-order valence-electron chi connectivity index (χ1n) is 5.02. The Morgan fingerprint density at radius 2 is 1.89 bits per heavy atom. The highest BCUT2D eigenvalue weighted by molar-refractivity contribution is 6.27. The zero-order valence-electron chi connectivity index (χ0n) is 9.34. The minimum atomic E-state index is -1.82.